The smallest absolute Gasteiger partial charge is 0.168 e. The van der Waals surface area contributed by atoms with E-state index in [2.05, 4.69) is 16.3 Å². The van der Waals surface area contributed by atoms with E-state index in [9.17, 15) is 0 Å². The van der Waals surface area contributed by atoms with Gasteiger partial charge in [0.2, 0.25) is 0 Å². The normalized spacial score (nSPS) is 11.1. The number of aromatic nitrogens is 3. The first-order valence-corrected chi connectivity index (χ1v) is 5.08. The molecule has 4 heteroatoms. The van der Waals surface area contributed by atoms with E-state index in [0.29, 0.717) is 0 Å². The van der Waals surface area contributed by atoms with Crippen molar-refractivity contribution in [2.45, 2.75) is 6.92 Å². The summed E-state index contributed by atoms with van der Waals surface area (Å²) < 4.78 is 7.19. The van der Waals surface area contributed by atoms with Crippen LogP contribution in [-0.2, 0) is 0 Å². The first-order valence-electron chi connectivity index (χ1n) is 5.08. The molecule has 3 aromatic rings. The lowest BCUT2D eigenvalue weighted by Gasteiger charge is -2.03. The van der Waals surface area contributed by atoms with Gasteiger partial charge in [-0.05, 0) is 30.5 Å². The van der Waals surface area contributed by atoms with Crippen molar-refractivity contribution < 1.29 is 4.74 Å². The Bertz CT molecular complexity index is 672. The molecule has 0 unspecified atom stereocenters. The average molecular weight is 213 g/mol. The number of hydrogen-bond donors (Lipinski definition) is 0. The molecule has 0 atom stereocenters. The fraction of sp³-hybridized carbons (Fsp3) is 0.167. The second-order valence-corrected chi connectivity index (χ2v) is 3.71. The zero-order valence-corrected chi connectivity index (χ0v) is 9.14. The molecule has 3 rings (SSSR count). The van der Waals surface area contributed by atoms with E-state index in [0.717, 1.165) is 28.0 Å². The third kappa shape index (κ3) is 1.16. The maximum Gasteiger partial charge on any atom is 0.168 e. The van der Waals surface area contributed by atoms with Gasteiger partial charge in [-0.25, -0.2) is 0 Å². The highest BCUT2D eigenvalue weighted by Crippen LogP contribution is 2.23. The van der Waals surface area contributed by atoms with Crippen LogP contribution in [0.4, 0.5) is 0 Å². The van der Waals surface area contributed by atoms with E-state index < -0.39 is 0 Å². The number of nitrogens with zero attached hydrogens (tertiary/aromatic N) is 3. The van der Waals surface area contributed by atoms with Crippen LogP contribution in [0, 0.1) is 6.92 Å². The van der Waals surface area contributed by atoms with Crippen LogP contribution < -0.4 is 4.74 Å². The Kier molecular flexibility index (Phi) is 1.83. The Labute approximate surface area is 92.5 Å². The third-order valence-corrected chi connectivity index (χ3v) is 2.77. The minimum Gasteiger partial charge on any atom is -0.497 e. The van der Waals surface area contributed by atoms with Crippen molar-refractivity contribution >= 4 is 16.4 Å². The third-order valence-electron chi connectivity index (χ3n) is 2.77. The Morgan fingerprint density at radius 1 is 1.19 bits per heavy atom. The molecule has 2 heterocycles. The summed E-state index contributed by atoms with van der Waals surface area (Å²) in [5.41, 5.74) is 0.869. The summed E-state index contributed by atoms with van der Waals surface area (Å²) >= 11 is 0. The minimum atomic E-state index is 0.834. The lowest BCUT2D eigenvalue weighted by molar-refractivity contribution is 0.415. The Balaban J connectivity index is 2.47. The lowest BCUT2D eigenvalue weighted by atomic mass is 10.1. The molecule has 4 nitrogen and oxygen atoms in total. The molecule has 0 N–H and O–H groups in total. The van der Waals surface area contributed by atoms with Crippen LogP contribution in [0.25, 0.3) is 16.4 Å². The van der Waals surface area contributed by atoms with Gasteiger partial charge in [-0.3, -0.25) is 4.40 Å². The lowest BCUT2D eigenvalue weighted by Crippen LogP contribution is -1.89. The van der Waals surface area contributed by atoms with Crippen LogP contribution >= 0.6 is 0 Å². The summed E-state index contributed by atoms with van der Waals surface area (Å²) in [5, 5.41) is 10.5. The summed E-state index contributed by atoms with van der Waals surface area (Å²) in [7, 11) is 1.66. The average Bonchev–Trinajstić information content (AvgIpc) is 2.71. The van der Waals surface area contributed by atoms with Crippen LogP contribution in [-0.4, -0.2) is 21.7 Å². The predicted molar refractivity (Wildman–Crippen MR) is 61.8 cm³/mol. The molecule has 0 saturated carbocycles. The number of pyridine rings is 1. The number of rotatable bonds is 1. The molecule has 0 aliphatic rings. The Morgan fingerprint density at radius 3 is 2.88 bits per heavy atom. The summed E-state index contributed by atoms with van der Waals surface area (Å²) in [4.78, 5) is 0. The molecule has 16 heavy (non-hydrogen) atoms. The summed E-state index contributed by atoms with van der Waals surface area (Å²) in [5.74, 6) is 1.72. The minimum absolute atomic E-state index is 0.834. The van der Waals surface area contributed by atoms with Crippen molar-refractivity contribution in [2.24, 2.45) is 0 Å². The van der Waals surface area contributed by atoms with E-state index in [1.165, 1.54) is 0 Å². The zero-order valence-electron chi connectivity index (χ0n) is 9.14. The Morgan fingerprint density at radius 2 is 2.06 bits per heavy atom. The standard InChI is InChI=1S/C12H11N3O/c1-8-13-14-12-11-7-10(16-2)4-3-9(11)5-6-15(8)12/h3-7H,1-2H3. The number of benzene rings is 1. The van der Waals surface area contributed by atoms with Crippen LogP contribution in [0.15, 0.2) is 30.5 Å². The molecule has 0 fully saturated rings. The highest BCUT2D eigenvalue weighted by molar-refractivity contribution is 5.94. The van der Waals surface area contributed by atoms with Gasteiger partial charge < -0.3 is 4.74 Å². The van der Waals surface area contributed by atoms with Gasteiger partial charge in [0.1, 0.15) is 11.6 Å². The van der Waals surface area contributed by atoms with Gasteiger partial charge in [-0.2, -0.15) is 0 Å². The highest BCUT2D eigenvalue weighted by atomic mass is 16.5. The van der Waals surface area contributed by atoms with Crippen molar-refractivity contribution in [2.75, 3.05) is 7.11 Å². The topological polar surface area (TPSA) is 39.4 Å². The molecule has 0 spiro atoms. The van der Waals surface area contributed by atoms with Crippen molar-refractivity contribution in [3.63, 3.8) is 0 Å². The fourth-order valence-corrected chi connectivity index (χ4v) is 1.89. The Hall–Kier alpha value is -2.10. The van der Waals surface area contributed by atoms with Crippen LogP contribution in [0.3, 0.4) is 0 Å². The van der Waals surface area contributed by atoms with E-state index >= 15 is 0 Å². The van der Waals surface area contributed by atoms with E-state index in [1.807, 2.05) is 35.7 Å². The summed E-state index contributed by atoms with van der Waals surface area (Å²) in [6, 6.07) is 8.01. The molecule has 1 aromatic carbocycles. The number of aryl methyl sites for hydroxylation is 1. The van der Waals surface area contributed by atoms with Gasteiger partial charge in [0, 0.05) is 11.6 Å². The monoisotopic (exact) mass is 213 g/mol. The predicted octanol–water partition coefficient (Wildman–Crippen LogP) is 2.20. The molecular weight excluding hydrogens is 202 g/mol. The van der Waals surface area contributed by atoms with Gasteiger partial charge in [0.25, 0.3) is 0 Å². The number of ether oxygens (including phenoxy) is 1. The zero-order chi connectivity index (χ0) is 11.1. The van der Waals surface area contributed by atoms with Gasteiger partial charge >= 0.3 is 0 Å². The first kappa shape index (κ1) is 9.15. The molecule has 2 aromatic heterocycles. The van der Waals surface area contributed by atoms with Gasteiger partial charge in [0.05, 0.1) is 7.11 Å². The van der Waals surface area contributed by atoms with Crippen LogP contribution in [0.2, 0.25) is 0 Å². The maximum absolute atomic E-state index is 5.22. The molecule has 80 valence electrons. The van der Waals surface area contributed by atoms with Crippen LogP contribution in [0.1, 0.15) is 5.82 Å². The van der Waals surface area contributed by atoms with Gasteiger partial charge in [-0.15, -0.1) is 10.2 Å². The van der Waals surface area contributed by atoms with Crippen molar-refractivity contribution in [1.29, 1.82) is 0 Å². The molecule has 0 amide bonds. The number of methoxy groups -OCH3 is 1. The molecule has 0 bridgehead atoms. The van der Waals surface area contributed by atoms with Crippen molar-refractivity contribution in [3.8, 4) is 5.75 Å². The second-order valence-electron chi connectivity index (χ2n) is 3.71. The second kappa shape index (κ2) is 3.20. The molecule has 0 radical (unpaired) electrons. The van der Waals surface area contributed by atoms with Crippen molar-refractivity contribution in [3.05, 3.63) is 36.3 Å². The van der Waals surface area contributed by atoms with E-state index in [-0.39, 0.29) is 0 Å². The summed E-state index contributed by atoms with van der Waals surface area (Å²) in [6.07, 6.45) is 1.99. The van der Waals surface area contributed by atoms with Gasteiger partial charge in [-0.1, -0.05) is 6.07 Å². The molecule has 0 aliphatic carbocycles. The highest BCUT2D eigenvalue weighted by Gasteiger charge is 2.06. The molecular formula is C12H11N3O. The SMILES string of the molecule is COc1ccc2ccn3c(C)nnc3c2c1. The van der Waals surface area contributed by atoms with Crippen molar-refractivity contribution in [1.82, 2.24) is 14.6 Å². The van der Waals surface area contributed by atoms with E-state index in [4.69, 9.17) is 4.74 Å². The van der Waals surface area contributed by atoms with Gasteiger partial charge in [0.15, 0.2) is 5.65 Å². The number of hydrogen-bond acceptors (Lipinski definition) is 3. The summed E-state index contributed by atoms with van der Waals surface area (Å²) in [6.45, 7) is 1.94. The molecule has 0 aliphatic heterocycles. The largest absolute Gasteiger partial charge is 0.497 e. The first-order chi connectivity index (χ1) is 7.79. The molecule has 0 saturated heterocycles. The van der Waals surface area contributed by atoms with E-state index in [1.54, 1.807) is 7.11 Å². The number of fused-ring (bicyclic) bond motifs is 3. The maximum atomic E-state index is 5.22. The van der Waals surface area contributed by atoms with Crippen LogP contribution in [0.5, 0.6) is 5.75 Å². The quantitative estimate of drug-likeness (QED) is 0.622. The fourth-order valence-electron chi connectivity index (χ4n) is 1.89.